The molecule has 0 bridgehead atoms. The summed E-state index contributed by atoms with van der Waals surface area (Å²) in [7, 11) is 0. The Kier molecular flexibility index (Phi) is 6.06. The van der Waals surface area contributed by atoms with Crippen molar-refractivity contribution < 1.29 is 9.53 Å². The number of hydrogen-bond donors (Lipinski definition) is 2. The highest BCUT2D eigenvalue weighted by atomic mass is 35.5. The van der Waals surface area contributed by atoms with Gasteiger partial charge >= 0.3 is 0 Å². The predicted octanol–water partition coefficient (Wildman–Crippen LogP) is 4.36. The van der Waals surface area contributed by atoms with E-state index in [0.29, 0.717) is 23.0 Å². The van der Waals surface area contributed by atoms with Crippen LogP contribution in [0.25, 0.3) is 0 Å². The number of halogens is 1. The maximum absolute atomic E-state index is 11.9. The van der Waals surface area contributed by atoms with Crippen molar-refractivity contribution in [2.24, 2.45) is 0 Å². The third-order valence-corrected chi connectivity index (χ3v) is 3.80. The minimum atomic E-state index is -0.238. The third kappa shape index (κ3) is 5.50. The number of hydrogen-bond acceptors (Lipinski definition) is 4. The van der Waals surface area contributed by atoms with Crippen LogP contribution in [0.2, 0.25) is 5.02 Å². The fourth-order valence-electron chi connectivity index (χ4n) is 2.23. The van der Waals surface area contributed by atoms with E-state index < -0.39 is 0 Å². The molecule has 2 N–H and O–H groups in total. The van der Waals surface area contributed by atoms with Gasteiger partial charge in [-0.25, -0.2) is 4.98 Å². The lowest BCUT2D eigenvalue weighted by Crippen LogP contribution is -2.20. The number of nitrogens with one attached hydrogen (secondary N) is 2. The van der Waals surface area contributed by atoms with Gasteiger partial charge in [0.25, 0.3) is 5.91 Å². The normalized spacial score (nSPS) is 10.2. The molecule has 6 heteroatoms. The highest BCUT2D eigenvalue weighted by molar-refractivity contribution is 6.30. The van der Waals surface area contributed by atoms with Crippen LogP contribution in [0.4, 0.5) is 11.5 Å². The van der Waals surface area contributed by atoms with Crippen LogP contribution in [0.1, 0.15) is 5.56 Å². The van der Waals surface area contributed by atoms with Gasteiger partial charge in [0.2, 0.25) is 0 Å². The Hall–Kier alpha value is -3.05. The van der Waals surface area contributed by atoms with Crippen LogP contribution >= 0.6 is 11.6 Å². The van der Waals surface area contributed by atoms with Crippen molar-refractivity contribution in [3.05, 3.63) is 83.5 Å². The van der Waals surface area contributed by atoms with Crippen LogP contribution in [0.5, 0.6) is 5.75 Å². The van der Waals surface area contributed by atoms with E-state index in [-0.39, 0.29) is 12.5 Å². The summed E-state index contributed by atoms with van der Waals surface area (Å²) in [5, 5.41) is 6.68. The van der Waals surface area contributed by atoms with Gasteiger partial charge in [-0.1, -0.05) is 41.9 Å². The molecule has 132 valence electrons. The first kappa shape index (κ1) is 17.8. The highest BCUT2D eigenvalue weighted by Crippen LogP contribution is 2.13. The number of anilines is 2. The molecule has 0 saturated heterocycles. The summed E-state index contributed by atoms with van der Waals surface area (Å²) >= 11 is 5.87. The summed E-state index contributed by atoms with van der Waals surface area (Å²) < 4.78 is 5.41. The molecule has 26 heavy (non-hydrogen) atoms. The fraction of sp³-hybridized carbons (Fsp3) is 0.100. The van der Waals surface area contributed by atoms with E-state index in [0.717, 1.165) is 11.4 Å². The second-order valence-corrected chi connectivity index (χ2v) is 6.00. The third-order valence-electron chi connectivity index (χ3n) is 3.55. The Morgan fingerprint density at radius 2 is 1.77 bits per heavy atom. The summed E-state index contributed by atoms with van der Waals surface area (Å²) in [5.74, 6) is 1.14. The van der Waals surface area contributed by atoms with Crippen molar-refractivity contribution >= 4 is 29.0 Å². The SMILES string of the molecule is O=C(COc1ccccc1)Nc1ccc(NCc2ccc(Cl)cc2)nc1. The maximum Gasteiger partial charge on any atom is 0.262 e. The molecule has 0 spiro atoms. The smallest absolute Gasteiger partial charge is 0.262 e. The van der Waals surface area contributed by atoms with Gasteiger partial charge in [0.1, 0.15) is 11.6 Å². The first-order chi connectivity index (χ1) is 12.7. The zero-order chi connectivity index (χ0) is 18.2. The Morgan fingerprint density at radius 1 is 1.00 bits per heavy atom. The second kappa shape index (κ2) is 8.87. The monoisotopic (exact) mass is 367 g/mol. The van der Waals surface area contributed by atoms with Gasteiger partial charge in [0.05, 0.1) is 11.9 Å². The Bertz CT molecular complexity index is 837. The van der Waals surface area contributed by atoms with Crippen molar-refractivity contribution in [1.82, 2.24) is 4.98 Å². The lowest BCUT2D eigenvalue weighted by atomic mass is 10.2. The molecule has 0 aliphatic heterocycles. The van der Waals surface area contributed by atoms with Crippen LogP contribution < -0.4 is 15.4 Å². The number of pyridine rings is 1. The van der Waals surface area contributed by atoms with E-state index in [1.54, 1.807) is 24.4 Å². The lowest BCUT2D eigenvalue weighted by molar-refractivity contribution is -0.118. The number of benzene rings is 2. The summed E-state index contributed by atoms with van der Waals surface area (Å²) in [5.41, 5.74) is 1.72. The van der Waals surface area contributed by atoms with Crippen LogP contribution in [0.3, 0.4) is 0 Å². The molecular formula is C20H18ClN3O2. The fourth-order valence-corrected chi connectivity index (χ4v) is 2.36. The van der Waals surface area contributed by atoms with E-state index in [9.17, 15) is 4.79 Å². The van der Waals surface area contributed by atoms with Gasteiger partial charge in [-0.15, -0.1) is 0 Å². The van der Waals surface area contributed by atoms with Crippen molar-refractivity contribution in [3.8, 4) is 5.75 Å². The van der Waals surface area contributed by atoms with Gasteiger partial charge in [-0.05, 0) is 42.0 Å². The number of rotatable bonds is 7. The molecule has 1 aromatic heterocycles. The minimum Gasteiger partial charge on any atom is -0.484 e. The molecule has 3 aromatic rings. The molecule has 5 nitrogen and oxygen atoms in total. The molecule has 0 aliphatic rings. The Morgan fingerprint density at radius 3 is 2.46 bits per heavy atom. The van der Waals surface area contributed by atoms with E-state index >= 15 is 0 Å². The predicted molar refractivity (Wildman–Crippen MR) is 104 cm³/mol. The van der Waals surface area contributed by atoms with Gasteiger partial charge in [-0.2, -0.15) is 0 Å². The number of aromatic nitrogens is 1. The summed E-state index contributed by atoms with van der Waals surface area (Å²) in [6, 6.07) is 20.4. The quantitative estimate of drug-likeness (QED) is 0.651. The van der Waals surface area contributed by atoms with Crippen LogP contribution in [0, 0.1) is 0 Å². The number of amides is 1. The standard InChI is InChI=1S/C20H18ClN3O2/c21-16-8-6-15(7-9-16)12-22-19-11-10-17(13-23-19)24-20(25)14-26-18-4-2-1-3-5-18/h1-11,13H,12,14H2,(H,22,23)(H,24,25). The molecule has 0 saturated carbocycles. The minimum absolute atomic E-state index is 0.0550. The largest absolute Gasteiger partial charge is 0.484 e. The lowest BCUT2D eigenvalue weighted by Gasteiger charge is -2.09. The maximum atomic E-state index is 11.9. The van der Waals surface area contributed by atoms with Crippen LogP contribution in [-0.2, 0) is 11.3 Å². The van der Waals surface area contributed by atoms with Crippen molar-refractivity contribution in [2.45, 2.75) is 6.54 Å². The summed E-state index contributed by atoms with van der Waals surface area (Å²) in [4.78, 5) is 16.2. The second-order valence-electron chi connectivity index (χ2n) is 5.56. The van der Waals surface area contributed by atoms with E-state index in [2.05, 4.69) is 15.6 Å². The van der Waals surface area contributed by atoms with Gasteiger partial charge in [0.15, 0.2) is 6.61 Å². The summed E-state index contributed by atoms with van der Waals surface area (Å²) in [6.45, 7) is 0.585. The molecule has 1 heterocycles. The average molecular weight is 368 g/mol. The van der Waals surface area contributed by atoms with E-state index in [4.69, 9.17) is 16.3 Å². The topological polar surface area (TPSA) is 63.2 Å². The molecule has 3 rings (SSSR count). The molecule has 0 unspecified atom stereocenters. The Balaban J connectivity index is 1.46. The molecule has 0 fully saturated rings. The van der Waals surface area contributed by atoms with Crippen molar-refractivity contribution in [3.63, 3.8) is 0 Å². The number of nitrogens with zero attached hydrogens (tertiary/aromatic N) is 1. The van der Waals surface area contributed by atoms with Gasteiger partial charge in [0, 0.05) is 11.6 Å². The number of carbonyl (C=O) groups excluding carboxylic acids is 1. The first-order valence-corrected chi connectivity index (χ1v) is 8.49. The van der Waals surface area contributed by atoms with Crippen LogP contribution in [0.15, 0.2) is 72.9 Å². The zero-order valence-electron chi connectivity index (χ0n) is 14.0. The van der Waals surface area contributed by atoms with Crippen molar-refractivity contribution in [1.29, 1.82) is 0 Å². The molecule has 2 aromatic carbocycles. The van der Waals surface area contributed by atoms with E-state index in [1.165, 1.54) is 0 Å². The Labute approximate surface area is 157 Å². The number of para-hydroxylation sites is 1. The average Bonchev–Trinajstić information content (AvgIpc) is 2.68. The molecule has 0 radical (unpaired) electrons. The van der Waals surface area contributed by atoms with Gasteiger partial charge in [-0.3, -0.25) is 4.79 Å². The molecule has 0 aliphatic carbocycles. The zero-order valence-corrected chi connectivity index (χ0v) is 14.7. The van der Waals surface area contributed by atoms with Crippen molar-refractivity contribution in [2.75, 3.05) is 17.2 Å². The molecular weight excluding hydrogens is 350 g/mol. The number of ether oxygens (including phenoxy) is 1. The molecule has 1 amide bonds. The molecule has 0 atom stereocenters. The van der Waals surface area contributed by atoms with Gasteiger partial charge < -0.3 is 15.4 Å². The summed E-state index contributed by atoms with van der Waals surface area (Å²) in [6.07, 6.45) is 1.60. The van der Waals surface area contributed by atoms with Crippen LogP contribution in [-0.4, -0.2) is 17.5 Å². The highest BCUT2D eigenvalue weighted by Gasteiger charge is 2.04. The van der Waals surface area contributed by atoms with E-state index in [1.807, 2.05) is 48.5 Å². The first-order valence-electron chi connectivity index (χ1n) is 8.11. The number of carbonyl (C=O) groups is 1.